The lowest BCUT2D eigenvalue weighted by atomic mass is 10.1. The van der Waals surface area contributed by atoms with E-state index in [-0.39, 0.29) is 5.56 Å². The van der Waals surface area contributed by atoms with Crippen LogP contribution in [0.5, 0.6) is 0 Å². The first-order valence-electron chi connectivity index (χ1n) is 9.42. The van der Waals surface area contributed by atoms with Gasteiger partial charge in [0.15, 0.2) is 11.5 Å². The Morgan fingerprint density at radius 1 is 1.15 bits per heavy atom. The predicted octanol–water partition coefficient (Wildman–Crippen LogP) is 1.02. The van der Waals surface area contributed by atoms with Crippen molar-refractivity contribution < 1.29 is 0 Å². The molecule has 3 aromatic heterocycles. The molecule has 1 saturated heterocycles. The second-order valence-electron chi connectivity index (χ2n) is 7.68. The maximum absolute atomic E-state index is 11.8. The number of hydrogen-bond donors (Lipinski definition) is 0. The Morgan fingerprint density at radius 3 is 2.74 bits per heavy atom. The summed E-state index contributed by atoms with van der Waals surface area (Å²) in [6.45, 7) is 2.61. The van der Waals surface area contributed by atoms with Crippen LogP contribution >= 0.6 is 0 Å². The summed E-state index contributed by atoms with van der Waals surface area (Å²) in [6, 6.07) is 9.90. The smallest absolute Gasteiger partial charge is 0.250 e. The molecule has 0 amide bonds. The molecule has 140 valence electrons. The molecule has 1 aliphatic heterocycles. The van der Waals surface area contributed by atoms with Gasteiger partial charge in [-0.25, -0.2) is 0 Å². The summed E-state index contributed by atoms with van der Waals surface area (Å²) in [6.07, 6.45) is 2.37. The minimum Gasteiger partial charge on any atom is -0.352 e. The molecular weight excluding hydrogens is 342 g/mol. The van der Waals surface area contributed by atoms with Gasteiger partial charge in [-0.05, 0) is 38.1 Å². The first-order chi connectivity index (χ1) is 13.1. The van der Waals surface area contributed by atoms with E-state index in [1.165, 1.54) is 12.8 Å². The van der Waals surface area contributed by atoms with Crippen LogP contribution in [-0.2, 0) is 13.6 Å². The molecule has 1 saturated carbocycles. The quantitative estimate of drug-likeness (QED) is 0.672. The number of pyridine rings is 1. The number of fused-ring (bicyclic) bond motifs is 1. The van der Waals surface area contributed by atoms with E-state index in [0.29, 0.717) is 12.0 Å². The molecule has 3 aromatic rings. The average molecular weight is 365 g/mol. The van der Waals surface area contributed by atoms with E-state index in [4.69, 9.17) is 5.10 Å². The molecule has 1 aliphatic carbocycles. The highest BCUT2D eigenvalue weighted by molar-refractivity contribution is 5.48. The molecular formula is C19H23N7O. The van der Waals surface area contributed by atoms with E-state index in [9.17, 15) is 4.79 Å². The van der Waals surface area contributed by atoms with Crippen LogP contribution in [0.25, 0.3) is 5.65 Å². The van der Waals surface area contributed by atoms with Crippen molar-refractivity contribution in [1.82, 2.24) is 29.3 Å². The largest absolute Gasteiger partial charge is 0.352 e. The van der Waals surface area contributed by atoms with E-state index in [0.717, 1.165) is 42.6 Å². The zero-order valence-corrected chi connectivity index (χ0v) is 15.6. The third-order valence-corrected chi connectivity index (χ3v) is 5.73. The fourth-order valence-electron chi connectivity index (χ4n) is 3.63. The number of rotatable bonds is 5. The Hall–Kier alpha value is -2.74. The molecule has 27 heavy (non-hydrogen) atoms. The summed E-state index contributed by atoms with van der Waals surface area (Å²) in [5, 5.41) is 13.3. The molecule has 4 heterocycles. The van der Waals surface area contributed by atoms with Crippen molar-refractivity contribution in [2.75, 3.05) is 25.0 Å². The third kappa shape index (κ3) is 2.90. The number of nitrogens with zero attached hydrogens (tertiary/aromatic N) is 7. The Morgan fingerprint density at radius 2 is 1.96 bits per heavy atom. The van der Waals surface area contributed by atoms with E-state index in [1.54, 1.807) is 10.6 Å². The highest BCUT2D eigenvalue weighted by atomic mass is 16.1. The van der Waals surface area contributed by atoms with Gasteiger partial charge < -0.3 is 9.47 Å². The van der Waals surface area contributed by atoms with E-state index < -0.39 is 0 Å². The summed E-state index contributed by atoms with van der Waals surface area (Å²) in [5.74, 6) is 2.49. The first kappa shape index (κ1) is 16.4. The van der Waals surface area contributed by atoms with Gasteiger partial charge in [-0.2, -0.15) is 4.52 Å². The molecule has 2 aliphatic rings. The molecule has 0 N–H and O–H groups in total. The molecule has 0 atom stereocenters. The minimum absolute atomic E-state index is 0.0362. The van der Waals surface area contributed by atoms with Crippen LogP contribution in [0.15, 0.2) is 35.1 Å². The number of hydrogen-bond acceptors (Lipinski definition) is 6. The number of likely N-dealkylation sites (N-methyl/N-ethyl adjacent to an activating group) is 1. The lowest BCUT2D eigenvalue weighted by molar-refractivity contribution is 0.192. The molecule has 8 nitrogen and oxygen atoms in total. The van der Waals surface area contributed by atoms with Gasteiger partial charge >= 0.3 is 0 Å². The predicted molar refractivity (Wildman–Crippen MR) is 102 cm³/mol. The van der Waals surface area contributed by atoms with E-state index in [2.05, 4.69) is 27.0 Å². The Balaban J connectivity index is 1.27. The third-order valence-electron chi connectivity index (χ3n) is 5.73. The van der Waals surface area contributed by atoms with Gasteiger partial charge in [0.1, 0.15) is 5.82 Å². The monoisotopic (exact) mass is 365 g/mol. The molecule has 0 radical (unpaired) electrons. The molecule has 5 rings (SSSR count). The van der Waals surface area contributed by atoms with Crippen LogP contribution in [0.2, 0.25) is 0 Å². The van der Waals surface area contributed by atoms with Gasteiger partial charge in [-0.15, -0.1) is 15.3 Å². The maximum atomic E-state index is 11.8. The zero-order valence-electron chi connectivity index (χ0n) is 15.6. The van der Waals surface area contributed by atoms with Crippen LogP contribution in [-0.4, -0.2) is 55.5 Å². The Bertz CT molecular complexity index is 1050. The lowest BCUT2D eigenvalue weighted by Gasteiger charge is -2.44. The minimum atomic E-state index is 0.0362. The maximum Gasteiger partial charge on any atom is 0.250 e. The summed E-state index contributed by atoms with van der Waals surface area (Å²) in [4.78, 5) is 16.4. The van der Waals surface area contributed by atoms with E-state index >= 15 is 0 Å². The van der Waals surface area contributed by atoms with Crippen molar-refractivity contribution >= 4 is 11.5 Å². The molecule has 0 spiro atoms. The zero-order chi connectivity index (χ0) is 18.5. The van der Waals surface area contributed by atoms with Gasteiger partial charge in [-0.1, -0.05) is 6.07 Å². The van der Waals surface area contributed by atoms with Gasteiger partial charge in [0.25, 0.3) is 0 Å². The second-order valence-corrected chi connectivity index (χ2v) is 7.68. The number of anilines is 1. The second kappa shape index (κ2) is 6.16. The highest BCUT2D eigenvalue weighted by Crippen LogP contribution is 2.38. The normalized spacial score (nSPS) is 17.7. The molecule has 0 bridgehead atoms. The summed E-state index contributed by atoms with van der Waals surface area (Å²) in [7, 11) is 3.94. The van der Waals surface area contributed by atoms with Crippen molar-refractivity contribution in [3.63, 3.8) is 0 Å². The standard InChI is InChI=1S/C19H23N7O/c1-23(10-14-4-3-5-18(27)24(14)2)15-11-25(12-15)17-9-8-16-20-21-19(13-6-7-13)26(16)22-17/h3-5,8-9,13,15H,6-7,10-12H2,1-2H3. The van der Waals surface area contributed by atoms with Crippen molar-refractivity contribution in [1.29, 1.82) is 0 Å². The highest BCUT2D eigenvalue weighted by Gasteiger charge is 2.33. The molecule has 0 unspecified atom stereocenters. The lowest BCUT2D eigenvalue weighted by Crippen LogP contribution is -2.58. The van der Waals surface area contributed by atoms with Crippen LogP contribution in [0, 0.1) is 0 Å². The van der Waals surface area contributed by atoms with Crippen molar-refractivity contribution in [3.05, 3.63) is 52.2 Å². The van der Waals surface area contributed by atoms with Gasteiger partial charge in [0.2, 0.25) is 5.56 Å². The first-order valence-corrected chi connectivity index (χ1v) is 9.42. The van der Waals surface area contributed by atoms with Crippen molar-refractivity contribution in [2.24, 2.45) is 7.05 Å². The fourth-order valence-corrected chi connectivity index (χ4v) is 3.63. The van der Waals surface area contributed by atoms with E-state index in [1.807, 2.05) is 35.8 Å². The number of aromatic nitrogens is 5. The van der Waals surface area contributed by atoms with Crippen LogP contribution in [0.1, 0.15) is 30.3 Å². The Labute approximate surface area is 157 Å². The SMILES string of the molecule is CN(Cc1cccc(=O)n1C)C1CN(c2ccc3nnc(C4CC4)n3n2)C1. The summed E-state index contributed by atoms with van der Waals surface area (Å²) in [5.41, 5.74) is 1.88. The van der Waals surface area contributed by atoms with Gasteiger partial charge in [0, 0.05) is 50.4 Å². The van der Waals surface area contributed by atoms with Gasteiger partial charge in [-0.3, -0.25) is 9.69 Å². The van der Waals surface area contributed by atoms with Gasteiger partial charge in [0.05, 0.1) is 0 Å². The molecule has 8 heteroatoms. The molecule has 2 fully saturated rings. The fraction of sp³-hybridized carbons (Fsp3) is 0.474. The molecule has 0 aromatic carbocycles. The van der Waals surface area contributed by atoms with Crippen LogP contribution < -0.4 is 10.5 Å². The Kier molecular flexibility index (Phi) is 3.75. The summed E-state index contributed by atoms with van der Waals surface area (Å²) < 4.78 is 3.62. The van der Waals surface area contributed by atoms with Crippen LogP contribution in [0.3, 0.4) is 0 Å². The van der Waals surface area contributed by atoms with Crippen molar-refractivity contribution in [3.8, 4) is 0 Å². The van der Waals surface area contributed by atoms with Crippen molar-refractivity contribution in [2.45, 2.75) is 31.3 Å². The average Bonchev–Trinajstić information content (AvgIpc) is 3.37. The van der Waals surface area contributed by atoms with Crippen LogP contribution in [0.4, 0.5) is 5.82 Å². The summed E-state index contributed by atoms with van der Waals surface area (Å²) >= 11 is 0. The topological polar surface area (TPSA) is 71.6 Å².